The molecule has 0 aliphatic carbocycles. The van der Waals surface area contributed by atoms with Gasteiger partial charge in [0.2, 0.25) is 0 Å². The fraction of sp³-hybridized carbons (Fsp3) is 0.381. The zero-order valence-corrected chi connectivity index (χ0v) is 15.4. The quantitative estimate of drug-likeness (QED) is 0.788. The molecule has 5 nitrogen and oxygen atoms in total. The molecule has 138 valence electrons. The lowest BCUT2D eigenvalue weighted by atomic mass is 10.1. The number of rotatable bonds is 6. The smallest absolute Gasteiger partial charge is 0.253 e. The minimum Gasteiger partial charge on any atom is -0.497 e. The Balaban J connectivity index is 1.75. The van der Waals surface area contributed by atoms with Crippen molar-refractivity contribution in [2.24, 2.45) is 0 Å². The van der Waals surface area contributed by atoms with Gasteiger partial charge in [0.25, 0.3) is 5.91 Å². The Hall–Kier alpha value is -2.69. The number of carbonyl (C=O) groups is 1. The van der Waals surface area contributed by atoms with Gasteiger partial charge in [-0.1, -0.05) is 6.07 Å². The molecule has 1 saturated heterocycles. The van der Waals surface area contributed by atoms with Crippen molar-refractivity contribution in [2.45, 2.75) is 25.9 Å². The van der Waals surface area contributed by atoms with Crippen LogP contribution < -0.4 is 14.2 Å². The number of hydrogen-bond donors (Lipinski definition) is 0. The fourth-order valence-corrected chi connectivity index (χ4v) is 3.16. The van der Waals surface area contributed by atoms with Crippen molar-refractivity contribution in [3.8, 4) is 17.2 Å². The van der Waals surface area contributed by atoms with E-state index in [-0.39, 0.29) is 5.91 Å². The highest BCUT2D eigenvalue weighted by atomic mass is 16.5. The molecular weight excluding hydrogens is 330 g/mol. The molecule has 1 amide bonds. The molecule has 1 aliphatic heterocycles. The number of carbonyl (C=O) groups excluding carboxylic acids is 1. The summed E-state index contributed by atoms with van der Waals surface area (Å²) in [5, 5.41) is 0. The zero-order valence-electron chi connectivity index (χ0n) is 15.4. The molecule has 26 heavy (non-hydrogen) atoms. The average molecular weight is 355 g/mol. The Bertz CT molecular complexity index is 753. The van der Waals surface area contributed by atoms with Gasteiger partial charge in [0.05, 0.1) is 14.2 Å². The van der Waals surface area contributed by atoms with E-state index in [0.717, 1.165) is 37.2 Å². The van der Waals surface area contributed by atoms with Crippen molar-refractivity contribution in [2.75, 3.05) is 27.3 Å². The molecule has 0 spiro atoms. The Morgan fingerprint density at radius 1 is 0.962 bits per heavy atom. The van der Waals surface area contributed by atoms with E-state index in [4.69, 9.17) is 14.2 Å². The Morgan fingerprint density at radius 3 is 2.46 bits per heavy atom. The summed E-state index contributed by atoms with van der Waals surface area (Å²) in [5.74, 6) is 2.24. The van der Waals surface area contributed by atoms with Gasteiger partial charge in [-0.15, -0.1) is 0 Å². The molecular formula is C21H25NO4. The third kappa shape index (κ3) is 4.28. The van der Waals surface area contributed by atoms with Crippen LogP contribution in [0, 0.1) is 0 Å². The van der Waals surface area contributed by atoms with E-state index >= 15 is 0 Å². The zero-order chi connectivity index (χ0) is 18.4. The van der Waals surface area contributed by atoms with Crippen molar-refractivity contribution >= 4 is 5.91 Å². The van der Waals surface area contributed by atoms with Crippen LogP contribution in [0.2, 0.25) is 0 Å². The first-order valence-corrected chi connectivity index (χ1v) is 8.94. The van der Waals surface area contributed by atoms with Gasteiger partial charge in [0.1, 0.15) is 23.9 Å². The standard InChI is InChI=1S/C21H25NO4/c1-24-18-7-6-8-19(14-18)26-15-17-13-16(9-10-20(17)25-2)21(23)22-11-4-3-5-12-22/h6-10,13-14H,3-5,11-12,15H2,1-2H3. The number of ether oxygens (including phenoxy) is 3. The fourth-order valence-electron chi connectivity index (χ4n) is 3.16. The van der Waals surface area contributed by atoms with Crippen LogP contribution in [0.15, 0.2) is 42.5 Å². The number of benzene rings is 2. The monoisotopic (exact) mass is 355 g/mol. The molecule has 0 atom stereocenters. The number of hydrogen-bond acceptors (Lipinski definition) is 4. The number of methoxy groups -OCH3 is 2. The molecule has 0 saturated carbocycles. The molecule has 1 heterocycles. The van der Waals surface area contributed by atoms with Crippen molar-refractivity contribution < 1.29 is 19.0 Å². The third-order valence-electron chi connectivity index (χ3n) is 4.61. The van der Waals surface area contributed by atoms with Crippen molar-refractivity contribution in [1.82, 2.24) is 4.90 Å². The van der Waals surface area contributed by atoms with Crippen LogP contribution in [0.5, 0.6) is 17.2 Å². The van der Waals surface area contributed by atoms with Gasteiger partial charge in [0, 0.05) is 30.3 Å². The molecule has 0 radical (unpaired) electrons. The third-order valence-corrected chi connectivity index (χ3v) is 4.61. The van der Waals surface area contributed by atoms with E-state index in [1.54, 1.807) is 14.2 Å². The van der Waals surface area contributed by atoms with E-state index in [2.05, 4.69) is 0 Å². The van der Waals surface area contributed by atoms with Crippen LogP contribution in [0.3, 0.4) is 0 Å². The van der Waals surface area contributed by atoms with Crippen LogP contribution in [0.4, 0.5) is 0 Å². The van der Waals surface area contributed by atoms with E-state index in [1.165, 1.54) is 6.42 Å². The van der Waals surface area contributed by atoms with Gasteiger partial charge in [0.15, 0.2) is 0 Å². The summed E-state index contributed by atoms with van der Waals surface area (Å²) in [6.45, 7) is 1.98. The summed E-state index contributed by atoms with van der Waals surface area (Å²) in [6.07, 6.45) is 3.35. The summed E-state index contributed by atoms with van der Waals surface area (Å²) in [6, 6.07) is 13.0. The molecule has 0 unspecified atom stereocenters. The van der Waals surface area contributed by atoms with E-state index < -0.39 is 0 Å². The SMILES string of the molecule is COc1cccc(OCc2cc(C(=O)N3CCCCC3)ccc2OC)c1. The molecule has 0 bridgehead atoms. The normalized spacial score (nSPS) is 14.0. The van der Waals surface area contributed by atoms with Gasteiger partial charge in [-0.05, 0) is 49.6 Å². The number of amides is 1. The lowest BCUT2D eigenvalue weighted by Gasteiger charge is -2.27. The summed E-state index contributed by atoms with van der Waals surface area (Å²) in [5.41, 5.74) is 1.52. The summed E-state index contributed by atoms with van der Waals surface area (Å²) in [4.78, 5) is 14.7. The Labute approximate surface area is 154 Å². The van der Waals surface area contributed by atoms with Crippen LogP contribution in [0.1, 0.15) is 35.2 Å². The minimum atomic E-state index is 0.0787. The highest BCUT2D eigenvalue weighted by Gasteiger charge is 2.19. The maximum atomic E-state index is 12.7. The predicted octanol–water partition coefficient (Wildman–Crippen LogP) is 3.91. The highest BCUT2D eigenvalue weighted by molar-refractivity contribution is 5.94. The second-order valence-electron chi connectivity index (χ2n) is 6.35. The average Bonchev–Trinajstić information content (AvgIpc) is 2.72. The molecule has 1 aliphatic rings. The molecule has 1 fully saturated rings. The van der Waals surface area contributed by atoms with Gasteiger partial charge < -0.3 is 19.1 Å². The minimum absolute atomic E-state index is 0.0787. The van der Waals surface area contributed by atoms with Crippen molar-refractivity contribution in [1.29, 1.82) is 0 Å². The first-order valence-electron chi connectivity index (χ1n) is 8.94. The first kappa shape index (κ1) is 18.1. The first-order chi connectivity index (χ1) is 12.7. The number of piperidine rings is 1. The predicted molar refractivity (Wildman–Crippen MR) is 100 cm³/mol. The van der Waals surface area contributed by atoms with Crippen LogP contribution in [0.25, 0.3) is 0 Å². The molecule has 3 rings (SSSR count). The maximum Gasteiger partial charge on any atom is 0.253 e. The summed E-state index contributed by atoms with van der Waals surface area (Å²) < 4.78 is 16.5. The lowest BCUT2D eigenvalue weighted by Crippen LogP contribution is -2.35. The van der Waals surface area contributed by atoms with E-state index in [9.17, 15) is 4.79 Å². The molecule has 0 N–H and O–H groups in total. The second kappa shape index (κ2) is 8.61. The van der Waals surface area contributed by atoms with E-state index in [1.807, 2.05) is 47.4 Å². The largest absolute Gasteiger partial charge is 0.497 e. The molecule has 0 aromatic heterocycles. The van der Waals surface area contributed by atoms with E-state index in [0.29, 0.717) is 23.7 Å². The maximum absolute atomic E-state index is 12.7. The van der Waals surface area contributed by atoms with Gasteiger partial charge in [-0.3, -0.25) is 4.79 Å². The van der Waals surface area contributed by atoms with Crippen LogP contribution >= 0.6 is 0 Å². The lowest BCUT2D eigenvalue weighted by molar-refractivity contribution is 0.0724. The van der Waals surface area contributed by atoms with Crippen molar-refractivity contribution in [3.63, 3.8) is 0 Å². The molecule has 2 aromatic rings. The second-order valence-corrected chi connectivity index (χ2v) is 6.35. The van der Waals surface area contributed by atoms with Crippen LogP contribution in [-0.2, 0) is 6.61 Å². The van der Waals surface area contributed by atoms with Gasteiger partial charge in [-0.2, -0.15) is 0 Å². The number of nitrogens with zero attached hydrogens (tertiary/aromatic N) is 1. The summed E-state index contributed by atoms with van der Waals surface area (Å²) >= 11 is 0. The van der Waals surface area contributed by atoms with Gasteiger partial charge in [-0.25, -0.2) is 0 Å². The van der Waals surface area contributed by atoms with Crippen molar-refractivity contribution in [3.05, 3.63) is 53.6 Å². The summed E-state index contributed by atoms with van der Waals surface area (Å²) in [7, 11) is 3.24. The topological polar surface area (TPSA) is 48.0 Å². The van der Waals surface area contributed by atoms with Crippen LogP contribution in [-0.4, -0.2) is 38.1 Å². The Morgan fingerprint density at radius 2 is 1.73 bits per heavy atom. The highest BCUT2D eigenvalue weighted by Crippen LogP contribution is 2.25. The molecule has 5 heteroatoms. The number of likely N-dealkylation sites (tertiary alicyclic amines) is 1. The molecule has 2 aromatic carbocycles. The Kier molecular flexibility index (Phi) is 6.00. The van der Waals surface area contributed by atoms with Gasteiger partial charge >= 0.3 is 0 Å².